The summed E-state index contributed by atoms with van der Waals surface area (Å²) in [5.74, 6) is 1.05. The average Bonchev–Trinajstić information content (AvgIpc) is 2.81. The van der Waals surface area contributed by atoms with E-state index < -0.39 is 0 Å². The summed E-state index contributed by atoms with van der Waals surface area (Å²) in [6, 6.07) is 15.8. The van der Waals surface area contributed by atoms with Gasteiger partial charge in [-0.2, -0.15) is 5.10 Å². The van der Waals surface area contributed by atoms with Crippen molar-refractivity contribution in [1.29, 1.82) is 0 Å². The number of nitrogens with two attached hydrogens (primary N) is 1. The summed E-state index contributed by atoms with van der Waals surface area (Å²) < 4.78 is 5.72. The number of carbonyl (C=O) groups excluding carboxylic acids is 1. The van der Waals surface area contributed by atoms with E-state index in [1.54, 1.807) is 5.01 Å². The molecule has 4 N–H and O–H groups in total. The van der Waals surface area contributed by atoms with Crippen LogP contribution in [0.4, 0.5) is 16.2 Å². The number of thioether (sulfide) groups is 1. The lowest BCUT2D eigenvalue weighted by Gasteiger charge is -2.30. The Labute approximate surface area is 206 Å². The number of hydrogen-bond acceptors (Lipinski definition) is 7. The third kappa shape index (κ3) is 7.27. The molecule has 0 fully saturated rings. The Kier molecular flexibility index (Phi) is 9.42. The van der Waals surface area contributed by atoms with Gasteiger partial charge in [-0.15, -0.1) is 0 Å². The largest absolute Gasteiger partial charge is 0.479 e. The number of anilines is 2. The second-order valence-corrected chi connectivity index (χ2v) is 9.40. The number of ether oxygens (including phenoxy) is 1. The Morgan fingerprint density at radius 3 is 2.74 bits per heavy atom. The molecule has 0 bridgehead atoms. The third-order valence-corrected chi connectivity index (χ3v) is 6.23. The summed E-state index contributed by atoms with van der Waals surface area (Å²) in [6.07, 6.45) is 1.63. The van der Waals surface area contributed by atoms with Gasteiger partial charge in [0, 0.05) is 23.2 Å². The first-order chi connectivity index (χ1) is 16.4. The van der Waals surface area contributed by atoms with Gasteiger partial charge in [0.1, 0.15) is 0 Å². The van der Waals surface area contributed by atoms with E-state index in [-0.39, 0.29) is 11.3 Å². The summed E-state index contributed by atoms with van der Waals surface area (Å²) in [4.78, 5) is 12.8. The van der Waals surface area contributed by atoms with Crippen LogP contribution in [0, 0.1) is 0 Å². The van der Waals surface area contributed by atoms with E-state index in [0.717, 1.165) is 41.9 Å². The van der Waals surface area contributed by atoms with Crippen molar-refractivity contribution in [3.8, 4) is 0 Å². The van der Waals surface area contributed by atoms with Crippen LogP contribution in [-0.2, 0) is 4.74 Å². The minimum Gasteiger partial charge on any atom is -0.479 e. The van der Waals surface area contributed by atoms with Gasteiger partial charge in [0.05, 0.1) is 18.4 Å². The first-order valence-corrected chi connectivity index (χ1v) is 12.7. The molecule has 1 atom stereocenters. The maximum absolute atomic E-state index is 12.8. The number of amides is 1. The smallest absolute Gasteiger partial charge is 0.302 e. The second kappa shape index (κ2) is 12.5. The van der Waals surface area contributed by atoms with Gasteiger partial charge in [-0.1, -0.05) is 56.8 Å². The second-order valence-electron chi connectivity index (χ2n) is 8.48. The number of benzene rings is 2. The third-order valence-electron chi connectivity index (χ3n) is 5.38. The molecule has 0 radical (unpaired) electrons. The number of hydrazone groups is 1. The van der Waals surface area contributed by atoms with Crippen molar-refractivity contribution < 1.29 is 9.53 Å². The molecule has 2 aromatic rings. The highest BCUT2D eigenvalue weighted by Crippen LogP contribution is 2.32. The Balaban J connectivity index is 1.68. The van der Waals surface area contributed by atoms with E-state index in [4.69, 9.17) is 15.6 Å². The van der Waals surface area contributed by atoms with Crippen LogP contribution in [0.1, 0.15) is 50.8 Å². The maximum Gasteiger partial charge on any atom is 0.302 e. The number of nitrogen functional groups attached to an aromatic ring is 1. The quantitative estimate of drug-likeness (QED) is 0.208. The lowest BCUT2D eigenvalue weighted by Crippen LogP contribution is -2.33. The summed E-state index contributed by atoms with van der Waals surface area (Å²) in [5, 5.41) is 12.9. The number of nitrogens with one attached hydrogen (secondary N) is 2. The standard InChI is InChI=1S/C26H35N5O2S/c1-5-25(31-26(32)34-17-24(30-31)20-10-12-22(27)13-11-20)21-8-6-9-23(16-21)29-19(4)33-15-7-14-28-18(2)3/h6,8-13,16,18,25,28-29H,4-5,7,14-15,17,27H2,1-3H3. The van der Waals surface area contributed by atoms with Gasteiger partial charge in [-0.25, -0.2) is 5.01 Å². The number of rotatable bonds is 12. The normalized spacial score (nSPS) is 14.6. The van der Waals surface area contributed by atoms with Crippen molar-refractivity contribution in [2.24, 2.45) is 5.10 Å². The van der Waals surface area contributed by atoms with E-state index >= 15 is 0 Å². The van der Waals surface area contributed by atoms with Crippen LogP contribution in [0.5, 0.6) is 0 Å². The highest BCUT2D eigenvalue weighted by atomic mass is 32.2. The lowest BCUT2D eigenvalue weighted by molar-refractivity contribution is 0.200. The van der Waals surface area contributed by atoms with Crippen molar-refractivity contribution in [1.82, 2.24) is 10.3 Å². The fourth-order valence-electron chi connectivity index (χ4n) is 3.64. The minimum atomic E-state index is -0.179. The molecular formula is C26H35N5O2S. The molecule has 1 unspecified atom stereocenters. The van der Waals surface area contributed by atoms with Crippen molar-refractivity contribution in [2.45, 2.75) is 45.7 Å². The molecule has 0 aliphatic carbocycles. The Morgan fingerprint density at radius 1 is 1.26 bits per heavy atom. The average molecular weight is 482 g/mol. The van der Waals surface area contributed by atoms with Gasteiger partial charge in [0.2, 0.25) is 0 Å². The molecule has 1 amide bonds. The van der Waals surface area contributed by atoms with Gasteiger partial charge >= 0.3 is 5.24 Å². The molecule has 1 aliphatic heterocycles. The fourth-order valence-corrected chi connectivity index (χ4v) is 4.42. The van der Waals surface area contributed by atoms with Crippen LogP contribution < -0.4 is 16.4 Å². The highest BCUT2D eigenvalue weighted by molar-refractivity contribution is 8.14. The predicted octanol–water partition coefficient (Wildman–Crippen LogP) is 5.58. The molecule has 0 saturated heterocycles. The first kappa shape index (κ1) is 25.6. The zero-order chi connectivity index (χ0) is 24.5. The van der Waals surface area contributed by atoms with Crippen LogP contribution in [0.2, 0.25) is 0 Å². The lowest BCUT2D eigenvalue weighted by atomic mass is 10.0. The van der Waals surface area contributed by atoms with Crippen molar-refractivity contribution in [2.75, 3.05) is 30.0 Å². The number of carbonyl (C=O) groups is 1. The van der Waals surface area contributed by atoms with E-state index in [1.807, 2.05) is 48.5 Å². The molecule has 182 valence electrons. The van der Waals surface area contributed by atoms with Gasteiger partial charge in [0.15, 0.2) is 5.88 Å². The molecule has 0 spiro atoms. The predicted molar refractivity (Wildman–Crippen MR) is 143 cm³/mol. The van der Waals surface area contributed by atoms with Gasteiger partial charge < -0.3 is 21.1 Å². The summed E-state index contributed by atoms with van der Waals surface area (Å²) in [5.41, 5.74) is 10.2. The molecular weight excluding hydrogens is 446 g/mol. The van der Waals surface area contributed by atoms with Crippen molar-refractivity contribution in [3.63, 3.8) is 0 Å². The van der Waals surface area contributed by atoms with Gasteiger partial charge in [-0.05, 0) is 61.4 Å². The van der Waals surface area contributed by atoms with Gasteiger partial charge in [-0.3, -0.25) is 4.79 Å². The van der Waals surface area contributed by atoms with Crippen molar-refractivity contribution >= 4 is 34.1 Å². The maximum atomic E-state index is 12.8. The van der Waals surface area contributed by atoms with Crippen molar-refractivity contribution in [3.05, 3.63) is 72.1 Å². The zero-order valence-corrected chi connectivity index (χ0v) is 21.0. The Morgan fingerprint density at radius 2 is 2.03 bits per heavy atom. The molecule has 34 heavy (non-hydrogen) atoms. The number of nitrogens with zero attached hydrogens (tertiary/aromatic N) is 2. The van der Waals surface area contributed by atoms with Crippen LogP contribution in [0.25, 0.3) is 0 Å². The summed E-state index contributed by atoms with van der Waals surface area (Å²) >= 11 is 1.27. The topological polar surface area (TPSA) is 92.0 Å². The Hall–Kier alpha value is -2.97. The SMILES string of the molecule is C=C(Nc1cccc(C(CC)N2N=C(c3ccc(N)cc3)CSC2=O)c1)OCCCNC(C)C. The van der Waals surface area contributed by atoms with Crippen LogP contribution in [0.15, 0.2) is 66.1 Å². The molecule has 8 heteroatoms. The molecule has 7 nitrogen and oxygen atoms in total. The molecule has 1 heterocycles. The van der Waals surface area contributed by atoms with E-state index in [2.05, 4.69) is 38.0 Å². The van der Waals surface area contributed by atoms with E-state index in [9.17, 15) is 4.79 Å². The molecule has 0 aromatic heterocycles. The minimum absolute atomic E-state index is 0.0489. The molecule has 1 aliphatic rings. The highest BCUT2D eigenvalue weighted by Gasteiger charge is 2.29. The monoisotopic (exact) mass is 481 g/mol. The van der Waals surface area contributed by atoms with Crippen LogP contribution in [0.3, 0.4) is 0 Å². The zero-order valence-electron chi connectivity index (χ0n) is 20.2. The molecule has 0 saturated carbocycles. The van der Waals surface area contributed by atoms with E-state index in [1.165, 1.54) is 11.8 Å². The Bertz CT molecular complexity index is 1010. The molecule has 3 rings (SSSR count). The first-order valence-electron chi connectivity index (χ1n) is 11.7. The summed E-state index contributed by atoms with van der Waals surface area (Å²) in [7, 11) is 0. The van der Waals surface area contributed by atoms with E-state index in [0.29, 0.717) is 30.0 Å². The van der Waals surface area contributed by atoms with Gasteiger partial charge in [0.25, 0.3) is 0 Å². The molecule has 2 aromatic carbocycles. The summed E-state index contributed by atoms with van der Waals surface area (Å²) in [6.45, 7) is 11.8. The van der Waals surface area contributed by atoms with Crippen LogP contribution in [-0.4, -0.2) is 40.9 Å². The fraction of sp³-hybridized carbons (Fsp3) is 0.385. The van der Waals surface area contributed by atoms with Crippen LogP contribution >= 0.6 is 11.8 Å². The number of hydrogen-bond donors (Lipinski definition) is 3.